The van der Waals surface area contributed by atoms with Gasteiger partial charge in [-0.05, 0) is 35.0 Å². The minimum absolute atomic E-state index is 0.144. The van der Waals surface area contributed by atoms with Gasteiger partial charge in [-0.25, -0.2) is 9.78 Å². The van der Waals surface area contributed by atoms with Crippen molar-refractivity contribution in [3.63, 3.8) is 0 Å². The van der Waals surface area contributed by atoms with E-state index in [4.69, 9.17) is 4.42 Å². The number of fused-ring (bicyclic) bond motifs is 1. The normalized spacial score (nSPS) is 10.6. The van der Waals surface area contributed by atoms with Gasteiger partial charge in [-0.1, -0.05) is 0 Å². The van der Waals surface area contributed by atoms with Crippen LogP contribution in [-0.2, 0) is 4.74 Å². The molecule has 0 aliphatic carbocycles. The van der Waals surface area contributed by atoms with Gasteiger partial charge < -0.3 is 9.15 Å². The van der Waals surface area contributed by atoms with Gasteiger partial charge in [0.25, 0.3) is 0 Å². The number of carbonyl (C=O) groups excluding carboxylic acids is 1. The van der Waals surface area contributed by atoms with Crippen molar-refractivity contribution in [1.82, 2.24) is 4.98 Å². The van der Waals surface area contributed by atoms with Gasteiger partial charge in [-0.15, -0.1) is 0 Å². The first-order chi connectivity index (χ1) is 7.13. The predicted octanol–water partition coefficient (Wildman–Crippen LogP) is 2.69. The fraction of sp³-hybridized carbons (Fsp3) is 0.200. The van der Waals surface area contributed by atoms with Crippen LogP contribution in [0.3, 0.4) is 0 Å². The van der Waals surface area contributed by atoms with E-state index < -0.39 is 5.97 Å². The summed E-state index contributed by atoms with van der Waals surface area (Å²) >= 11 is 3.28. The van der Waals surface area contributed by atoms with Crippen LogP contribution in [0, 0.1) is 6.92 Å². The Bertz CT molecular complexity index is 533. The molecule has 2 heterocycles. The summed E-state index contributed by atoms with van der Waals surface area (Å²) in [6.45, 7) is 1.85. The van der Waals surface area contributed by atoms with E-state index in [1.165, 1.54) is 7.11 Å². The summed E-state index contributed by atoms with van der Waals surface area (Å²) in [7, 11) is 1.31. The molecule has 0 atom stereocenters. The topological polar surface area (TPSA) is 52.3 Å². The van der Waals surface area contributed by atoms with Crippen molar-refractivity contribution < 1.29 is 13.9 Å². The summed E-state index contributed by atoms with van der Waals surface area (Å²) in [4.78, 5) is 15.5. The van der Waals surface area contributed by atoms with Crippen molar-refractivity contribution in [2.75, 3.05) is 7.11 Å². The van der Waals surface area contributed by atoms with E-state index >= 15 is 0 Å². The Morgan fingerprint density at radius 1 is 1.53 bits per heavy atom. The van der Waals surface area contributed by atoms with E-state index in [9.17, 15) is 4.79 Å². The summed E-state index contributed by atoms with van der Waals surface area (Å²) in [5.41, 5.74) is 1.27. The third-order valence-corrected chi connectivity index (χ3v) is 2.79. The predicted molar refractivity (Wildman–Crippen MR) is 57.8 cm³/mol. The van der Waals surface area contributed by atoms with Crippen LogP contribution in [0.4, 0.5) is 0 Å². The SMILES string of the molecule is COC(=O)c1oc2nc(C)ccc2c1Br. The molecule has 5 heteroatoms. The van der Waals surface area contributed by atoms with Gasteiger partial charge in [-0.2, -0.15) is 0 Å². The lowest BCUT2D eigenvalue weighted by atomic mass is 10.3. The first-order valence-corrected chi connectivity index (χ1v) is 5.06. The van der Waals surface area contributed by atoms with Crippen LogP contribution in [-0.4, -0.2) is 18.1 Å². The van der Waals surface area contributed by atoms with Crippen molar-refractivity contribution in [1.29, 1.82) is 0 Å². The van der Waals surface area contributed by atoms with Gasteiger partial charge in [0.15, 0.2) is 0 Å². The number of pyridine rings is 1. The van der Waals surface area contributed by atoms with Crippen LogP contribution in [0.15, 0.2) is 21.0 Å². The van der Waals surface area contributed by atoms with Crippen LogP contribution < -0.4 is 0 Å². The molecule has 78 valence electrons. The average molecular weight is 270 g/mol. The fourth-order valence-electron chi connectivity index (χ4n) is 1.27. The second kappa shape index (κ2) is 3.66. The average Bonchev–Trinajstić information content (AvgIpc) is 2.54. The largest absolute Gasteiger partial charge is 0.463 e. The number of aryl methyl sites for hydroxylation is 1. The summed E-state index contributed by atoms with van der Waals surface area (Å²) < 4.78 is 10.5. The number of methoxy groups -OCH3 is 1. The van der Waals surface area contributed by atoms with Gasteiger partial charge in [0.05, 0.1) is 17.0 Å². The Morgan fingerprint density at radius 2 is 2.27 bits per heavy atom. The van der Waals surface area contributed by atoms with Crippen LogP contribution in [0.2, 0.25) is 0 Å². The van der Waals surface area contributed by atoms with Gasteiger partial charge >= 0.3 is 5.97 Å². The molecule has 4 nitrogen and oxygen atoms in total. The number of nitrogens with zero attached hydrogens (tertiary/aromatic N) is 1. The lowest BCUT2D eigenvalue weighted by Gasteiger charge is -1.92. The summed E-state index contributed by atoms with van der Waals surface area (Å²) in [6, 6.07) is 3.70. The first-order valence-electron chi connectivity index (χ1n) is 4.27. The van der Waals surface area contributed by atoms with E-state index in [2.05, 4.69) is 25.7 Å². The number of halogens is 1. The lowest BCUT2D eigenvalue weighted by Crippen LogP contribution is -1.99. The summed E-state index contributed by atoms with van der Waals surface area (Å²) in [5.74, 6) is -0.372. The molecular weight excluding hydrogens is 262 g/mol. The molecule has 0 aliphatic heterocycles. The number of carbonyl (C=O) groups is 1. The second-order valence-electron chi connectivity index (χ2n) is 3.04. The maximum atomic E-state index is 11.3. The molecule has 2 aromatic rings. The Morgan fingerprint density at radius 3 is 2.93 bits per heavy atom. The van der Waals surface area contributed by atoms with Crippen LogP contribution in [0.1, 0.15) is 16.2 Å². The molecule has 0 saturated carbocycles. The molecule has 0 radical (unpaired) electrons. The monoisotopic (exact) mass is 269 g/mol. The number of aromatic nitrogens is 1. The van der Waals surface area contributed by atoms with Gasteiger partial charge in [-0.3, -0.25) is 0 Å². The molecule has 0 bridgehead atoms. The Hall–Kier alpha value is -1.36. The van der Waals surface area contributed by atoms with E-state index in [-0.39, 0.29) is 5.76 Å². The van der Waals surface area contributed by atoms with Crippen molar-refractivity contribution in [3.05, 3.63) is 28.1 Å². The molecule has 0 N–H and O–H groups in total. The van der Waals surface area contributed by atoms with E-state index in [1.54, 1.807) is 0 Å². The van der Waals surface area contributed by atoms with Crippen molar-refractivity contribution in [3.8, 4) is 0 Å². The Balaban J connectivity index is 2.69. The third kappa shape index (κ3) is 1.63. The van der Waals surface area contributed by atoms with Gasteiger partial charge in [0.1, 0.15) is 0 Å². The van der Waals surface area contributed by atoms with E-state index in [0.717, 1.165) is 11.1 Å². The highest BCUT2D eigenvalue weighted by molar-refractivity contribution is 9.10. The number of esters is 1. The number of hydrogen-bond donors (Lipinski definition) is 0. The first kappa shape index (κ1) is 10.2. The maximum Gasteiger partial charge on any atom is 0.375 e. The summed E-state index contributed by atoms with van der Waals surface area (Å²) in [6.07, 6.45) is 0. The molecular formula is C10H8BrNO3. The van der Waals surface area contributed by atoms with Crippen molar-refractivity contribution >= 4 is 33.0 Å². The molecule has 0 spiro atoms. The Labute approximate surface area is 94.4 Å². The smallest absolute Gasteiger partial charge is 0.375 e. The number of ether oxygens (including phenoxy) is 1. The quantitative estimate of drug-likeness (QED) is 0.747. The molecule has 0 unspecified atom stereocenters. The number of hydrogen-bond acceptors (Lipinski definition) is 4. The Kier molecular flexibility index (Phi) is 2.48. The molecule has 0 aliphatic rings. The molecule has 0 amide bonds. The van der Waals surface area contributed by atoms with Crippen molar-refractivity contribution in [2.24, 2.45) is 0 Å². The van der Waals surface area contributed by atoms with Crippen LogP contribution in [0.25, 0.3) is 11.1 Å². The summed E-state index contributed by atoms with van der Waals surface area (Å²) in [5, 5.41) is 0.765. The highest BCUT2D eigenvalue weighted by Crippen LogP contribution is 2.30. The minimum Gasteiger partial charge on any atom is -0.463 e. The third-order valence-electron chi connectivity index (χ3n) is 2.00. The van der Waals surface area contributed by atoms with E-state index in [1.807, 2.05) is 19.1 Å². The lowest BCUT2D eigenvalue weighted by molar-refractivity contribution is 0.0566. The van der Waals surface area contributed by atoms with Gasteiger partial charge in [0.2, 0.25) is 11.5 Å². The molecule has 2 aromatic heterocycles. The zero-order chi connectivity index (χ0) is 11.0. The van der Waals surface area contributed by atoms with Crippen LogP contribution >= 0.6 is 15.9 Å². The second-order valence-corrected chi connectivity index (χ2v) is 3.84. The molecule has 0 aromatic carbocycles. The van der Waals surface area contributed by atoms with Crippen LogP contribution in [0.5, 0.6) is 0 Å². The number of rotatable bonds is 1. The van der Waals surface area contributed by atoms with Crippen molar-refractivity contribution in [2.45, 2.75) is 6.92 Å². The highest BCUT2D eigenvalue weighted by Gasteiger charge is 2.19. The molecule has 0 fully saturated rings. The minimum atomic E-state index is -0.516. The van der Waals surface area contributed by atoms with Gasteiger partial charge in [0, 0.05) is 5.69 Å². The van der Waals surface area contributed by atoms with E-state index in [0.29, 0.717) is 10.2 Å². The zero-order valence-electron chi connectivity index (χ0n) is 8.20. The maximum absolute atomic E-state index is 11.3. The molecule has 2 rings (SSSR count). The molecule has 0 saturated heterocycles. The zero-order valence-corrected chi connectivity index (χ0v) is 9.79. The number of furan rings is 1. The molecule has 15 heavy (non-hydrogen) atoms. The highest BCUT2D eigenvalue weighted by atomic mass is 79.9. The standard InChI is InChI=1S/C10H8BrNO3/c1-5-3-4-6-7(11)8(10(13)14-2)15-9(6)12-5/h3-4H,1-2H3. The fourth-order valence-corrected chi connectivity index (χ4v) is 1.81.